The fraction of sp³-hybridized carbons (Fsp3) is 0.438. The molecule has 6 heteroatoms. The van der Waals surface area contributed by atoms with Gasteiger partial charge in [0.1, 0.15) is 17.6 Å². The van der Waals surface area contributed by atoms with Crippen molar-refractivity contribution in [2.24, 2.45) is 0 Å². The van der Waals surface area contributed by atoms with Gasteiger partial charge in [-0.15, -0.1) is 0 Å². The third-order valence-electron chi connectivity index (χ3n) is 4.31. The van der Waals surface area contributed by atoms with E-state index in [-0.39, 0.29) is 17.7 Å². The van der Waals surface area contributed by atoms with Crippen molar-refractivity contribution in [3.8, 4) is 0 Å². The van der Waals surface area contributed by atoms with E-state index in [4.69, 9.17) is 5.73 Å². The Morgan fingerprint density at radius 1 is 1.32 bits per heavy atom. The van der Waals surface area contributed by atoms with Crippen molar-refractivity contribution in [1.29, 1.82) is 0 Å². The lowest BCUT2D eigenvalue weighted by atomic mass is 10.2. The smallest absolute Gasteiger partial charge is 0.245 e. The molecular formula is C16H22N4O2. The predicted octanol–water partition coefficient (Wildman–Crippen LogP) is 1.42. The Kier molecular flexibility index (Phi) is 3.83. The number of nitrogens with one attached hydrogen (secondary N) is 1. The molecular weight excluding hydrogens is 280 g/mol. The molecule has 2 aliphatic heterocycles. The SMILES string of the molecule is CN(C1=C(O)CC(C(=O)N2CCCC2)N1)c1ccc(N)cc1. The van der Waals surface area contributed by atoms with E-state index in [1.54, 1.807) is 0 Å². The van der Waals surface area contributed by atoms with Gasteiger partial charge in [-0.2, -0.15) is 0 Å². The van der Waals surface area contributed by atoms with Crippen LogP contribution in [-0.2, 0) is 4.79 Å². The Bertz CT molecular complexity index is 591. The second kappa shape index (κ2) is 5.79. The van der Waals surface area contributed by atoms with Crippen LogP contribution in [0.4, 0.5) is 11.4 Å². The number of aliphatic hydroxyl groups is 1. The number of nitrogens with two attached hydrogens (primary N) is 1. The summed E-state index contributed by atoms with van der Waals surface area (Å²) in [6.45, 7) is 1.64. The number of carbonyl (C=O) groups excluding carboxylic acids is 1. The molecule has 4 N–H and O–H groups in total. The first-order chi connectivity index (χ1) is 10.6. The maximum absolute atomic E-state index is 12.4. The second-order valence-electron chi connectivity index (χ2n) is 5.88. The van der Waals surface area contributed by atoms with Crippen LogP contribution in [0.2, 0.25) is 0 Å². The number of likely N-dealkylation sites (tertiary alicyclic amines) is 1. The molecule has 0 bridgehead atoms. The summed E-state index contributed by atoms with van der Waals surface area (Å²) in [5.41, 5.74) is 7.29. The van der Waals surface area contributed by atoms with Crippen molar-refractivity contribution in [3.05, 3.63) is 35.8 Å². The molecule has 1 fully saturated rings. The molecule has 0 spiro atoms. The zero-order chi connectivity index (χ0) is 15.7. The maximum atomic E-state index is 12.4. The van der Waals surface area contributed by atoms with Crippen LogP contribution in [0.1, 0.15) is 19.3 Å². The monoisotopic (exact) mass is 302 g/mol. The molecule has 2 heterocycles. The summed E-state index contributed by atoms with van der Waals surface area (Å²) in [5, 5.41) is 13.4. The second-order valence-corrected chi connectivity index (χ2v) is 5.88. The minimum Gasteiger partial charge on any atom is -0.508 e. The molecule has 1 aromatic rings. The average molecular weight is 302 g/mol. The summed E-state index contributed by atoms with van der Waals surface area (Å²) in [5.74, 6) is 0.879. The van der Waals surface area contributed by atoms with E-state index in [1.807, 2.05) is 41.1 Å². The number of amides is 1. The van der Waals surface area contributed by atoms with Gasteiger partial charge in [0.2, 0.25) is 5.91 Å². The normalized spacial score (nSPS) is 21.1. The van der Waals surface area contributed by atoms with Gasteiger partial charge in [-0.3, -0.25) is 4.79 Å². The van der Waals surface area contributed by atoms with Crippen LogP contribution in [0.3, 0.4) is 0 Å². The number of carbonyl (C=O) groups is 1. The highest BCUT2D eigenvalue weighted by molar-refractivity contribution is 5.83. The van der Waals surface area contributed by atoms with Gasteiger partial charge >= 0.3 is 0 Å². The summed E-state index contributed by atoms with van der Waals surface area (Å²) in [7, 11) is 1.85. The molecule has 0 aliphatic carbocycles. The number of benzene rings is 1. The molecule has 1 amide bonds. The Morgan fingerprint density at radius 3 is 2.59 bits per heavy atom. The number of aliphatic hydroxyl groups excluding tert-OH is 1. The summed E-state index contributed by atoms with van der Waals surface area (Å²) < 4.78 is 0. The van der Waals surface area contributed by atoms with Gasteiger partial charge in [0.25, 0.3) is 0 Å². The van der Waals surface area contributed by atoms with Gasteiger partial charge in [-0.05, 0) is 37.1 Å². The molecule has 1 saturated heterocycles. The molecule has 0 saturated carbocycles. The van der Waals surface area contributed by atoms with Crippen molar-refractivity contribution < 1.29 is 9.90 Å². The molecule has 6 nitrogen and oxygen atoms in total. The van der Waals surface area contributed by atoms with E-state index in [0.29, 0.717) is 17.9 Å². The number of hydrogen-bond donors (Lipinski definition) is 3. The molecule has 1 unspecified atom stereocenters. The van der Waals surface area contributed by atoms with Crippen molar-refractivity contribution in [3.63, 3.8) is 0 Å². The van der Waals surface area contributed by atoms with Crippen LogP contribution in [0, 0.1) is 0 Å². The summed E-state index contributed by atoms with van der Waals surface area (Å²) in [6.07, 6.45) is 2.47. The first-order valence-corrected chi connectivity index (χ1v) is 7.63. The zero-order valence-electron chi connectivity index (χ0n) is 12.7. The molecule has 2 aliphatic rings. The number of nitrogens with zero attached hydrogens (tertiary/aromatic N) is 2. The van der Waals surface area contributed by atoms with Gasteiger partial charge in [0.05, 0.1) is 0 Å². The quantitative estimate of drug-likeness (QED) is 0.736. The van der Waals surface area contributed by atoms with Gasteiger partial charge in [0, 0.05) is 37.9 Å². The Hall–Kier alpha value is -2.37. The number of nitrogen functional groups attached to an aromatic ring is 1. The van der Waals surface area contributed by atoms with Crippen LogP contribution >= 0.6 is 0 Å². The van der Waals surface area contributed by atoms with E-state index >= 15 is 0 Å². The number of anilines is 2. The Balaban J connectivity index is 1.70. The molecule has 0 aromatic heterocycles. The predicted molar refractivity (Wildman–Crippen MR) is 86.3 cm³/mol. The van der Waals surface area contributed by atoms with Crippen molar-refractivity contribution >= 4 is 17.3 Å². The third-order valence-corrected chi connectivity index (χ3v) is 4.31. The first-order valence-electron chi connectivity index (χ1n) is 7.63. The average Bonchev–Trinajstić information content (AvgIpc) is 3.16. The highest BCUT2D eigenvalue weighted by Crippen LogP contribution is 2.26. The van der Waals surface area contributed by atoms with E-state index in [0.717, 1.165) is 31.6 Å². The van der Waals surface area contributed by atoms with Crippen LogP contribution in [0.5, 0.6) is 0 Å². The van der Waals surface area contributed by atoms with Gasteiger partial charge in [-0.1, -0.05) is 0 Å². The van der Waals surface area contributed by atoms with Crippen LogP contribution in [0.25, 0.3) is 0 Å². The van der Waals surface area contributed by atoms with Gasteiger partial charge in [0.15, 0.2) is 0 Å². The lowest BCUT2D eigenvalue weighted by molar-refractivity contribution is -0.132. The van der Waals surface area contributed by atoms with Crippen molar-refractivity contribution in [2.45, 2.75) is 25.3 Å². The molecule has 1 aromatic carbocycles. The summed E-state index contributed by atoms with van der Waals surface area (Å²) >= 11 is 0. The number of hydrogen-bond acceptors (Lipinski definition) is 5. The molecule has 0 radical (unpaired) electrons. The third kappa shape index (κ3) is 2.68. The fourth-order valence-corrected chi connectivity index (χ4v) is 3.01. The van der Waals surface area contributed by atoms with Crippen molar-refractivity contribution in [1.82, 2.24) is 10.2 Å². The van der Waals surface area contributed by atoms with E-state index in [2.05, 4.69) is 5.32 Å². The molecule has 3 rings (SSSR count). The maximum Gasteiger partial charge on any atom is 0.245 e. The van der Waals surface area contributed by atoms with Crippen molar-refractivity contribution in [2.75, 3.05) is 30.8 Å². The van der Waals surface area contributed by atoms with Gasteiger partial charge < -0.3 is 26.0 Å². The Morgan fingerprint density at radius 2 is 1.95 bits per heavy atom. The van der Waals surface area contributed by atoms with E-state index in [1.165, 1.54) is 0 Å². The van der Waals surface area contributed by atoms with E-state index in [9.17, 15) is 9.90 Å². The standard InChI is InChI=1S/C16H22N4O2/c1-19(12-6-4-11(17)5-7-12)15-14(21)10-13(18-15)16(22)20-8-2-3-9-20/h4-7,13,18,21H,2-3,8-10,17H2,1H3. The summed E-state index contributed by atoms with van der Waals surface area (Å²) in [4.78, 5) is 16.1. The molecule has 1 atom stereocenters. The van der Waals surface area contributed by atoms with Crippen LogP contribution < -0.4 is 16.0 Å². The minimum atomic E-state index is -0.371. The lowest BCUT2D eigenvalue weighted by Crippen LogP contribution is -2.44. The van der Waals surface area contributed by atoms with E-state index < -0.39 is 0 Å². The summed E-state index contributed by atoms with van der Waals surface area (Å²) in [6, 6.07) is 7.01. The molecule has 118 valence electrons. The first kappa shape index (κ1) is 14.6. The van der Waals surface area contributed by atoms with Crippen LogP contribution in [0.15, 0.2) is 35.8 Å². The Labute approximate surface area is 130 Å². The highest BCUT2D eigenvalue weighted by Gasteiger charge is 2.34. The zero-order valence-corrected chi connectivity index (χ0v) is 12.7. The van der Waals surface area contributed by atoms with Crippen LogP contribution in [-0.4, -0.2) is 42.1 Å². The minimum absolute atomic E-state index is 0.0738. The van der Waals surface area contributed by atoms with Gasteiger partial charge in [-0.25, -0.2) is 0 Å². The fourth-order valence-electron chi connectivity index (χ4n) is 3.01. The lowest BCUT2D eigenvalue weighted by Gasteiger charge is -2.24. The highest BCUT2D eigenvalue weighted by atomic mass is 16.3. The molecule has 22 heavy (non-hydrogen) atoms. The number of rotatable bonds is 3. The largest absolute Gasteiger partial charge is 0.508 e. The topological polar surface area (TPSA) is 81.8 Å².